The van der Waals surface area contributed by atoms with Gasteiger partial charge in [0.1, 0.15) is 0 Å². The van der Waals surface area contributed by atoms with Gasteiger partial charge in [0.25, 0.3) is 5.91 Å². The van der Waals surface area contributed by atoms with Crippen molar-refractivity contribution in [1.82, 2.24) is 0 Å². The zero-order chi connectivity index (χ0) is 14.5. The Balaban J connectivity index is 2.19. The van der Waals surface area contributed by atoms with Crippen molar-refractivity contribution in [3.05, 3.63) is 58.6 Å². The molecule has 0 spiro atoms. The third kappa shape index (κ3) is 3.52. The number of hydrogen-bond donors (Lipinski definition) is 2. The number of halogens is 1. The number of anilines is 2. The summed E-state index contributed by atoms with van der Waals surface area (Å²) in [7, 11) is 0. The predicted molar refractivity (Wildman–Crippen MR) is 84.7 cm³/mol. The van der Waals surface area contributed by atoms with Gasteiger partial charge in [0.15, 0.2) is 0 Å². The van der Waals surface area contributed by atoms with Crippen LogP contribution in [0.1, 0.15) is 22.8 Å². The standard InChI is InChI=1S/C16H17ClN2O/c1-3-18-15-9-12(8-7-11(15)2)16(20)19-14-6-4-5-13(17)10-14/h4-10,18H,3H2,1-2H3,(H,19,20). The number of nitrogens with one attached hydrogen (secondary N) is 2. The number of carbonyl (C=O) groups excluding carboxylic acids is 1. The molecular formula is C16H17ClN2O. The Bertz CT molecular complexity index is 626. The molecular weight excluding hydrogens is 272 g/mol. The van der Waals surface area contributed by atoms with Gasteiger partial charge in [-0.1, -0.05) is 23.7 Å². The molecule has 0 aromatic heterocycles. The highest BCUT2D eigenvalue weighted by Crippen LogP contribution is 2.19. The van der Waals surface area contributed by atoms with Crippen LogP contribution in [0, 0.1) is 6.92 Å². The number of hydrogen-bond acceptors (Lipinski definition) is 2. The normalized spacial score (nSPS) is 10.2. The fourth-order valence-corrected chi connectivity index (χ4v) is 2.10. The Morgan fingerprint density at radius 1 is 1.20 bits per heavy atom. The highest BCUT2D eigenvalue weighted by atomic mass is 35.5. The van der Waals surface area contributed by atoms with E-state index in [9.17, 15) is 4.79 Å². The number of amides is 1. The van der Waals surface area contributed by atoms with Crippen LogP contribution in [0.4, 0.5) is 11.4 Å². The largest absolute Gasteiger partial charge is 0.385 e. The Kier molecular flexibility index (Phi) is 4.64. The molecule has 0 unspecified atom stereocenters. The maximum atomic E-state index is 12.2. The van der Waals surface area contributed by atoms with Gasteiger partial charge in [-0.05, 0) is 49.7 Å². The smallest absolute Gasteiger partial charge is 0.255 e. The van der Waals surface area contributed by atoms with Crippen LogP contribution >= 0.6 is 11.6 Å². The van der Waals surface area contributed by atoms with E-state index in [1.807, 2.05) is 38.1 Å². The van der Waals surface area contributed by atoms with E-state index in [2.05, 4.69) is 10.6 Å². The minimum atomic E-state index is -0.147. The summed E-state index contributed by atoms with van der Waals surface area (Å²) in [6, 6.07) is 12.7. The molecule has 2 rings (SSSR count). The molecule has 2 N–H and O–H groups in total. The van der Waals surface area contributed by atoms with Crippen LogP contribution in [0.25, 0.3) is 0 Å². The van der Waals surface area contributed by atoms with Crippen LogP contribution in [0.3, 0.4) is 0 Å². The van der Waals surface area contributed by atoms with Crippen LogP contribution in [-0.4, -0.2) is 12.5 Å². The molecule has 1 amide bonds. The van der Waals surface area contributed by atoms with Crippen molar-refractivity contribution in [2.45, 2.75) is 13.8 Å². The monoisotopic (exact) mass is 288 g/mol. The highest BCUT2D eigenvalue weighted by molar-refractivity contribution is 6.30. The number of rotatable bonds is 4. The molecule has 0 aliphatic carbocycles. The summed E-state index contributed by atoms with van der Waals surface area (Å²) in [6.45, 7) is 4.86. The third-order valence-electron chi connectivity index (χ3n) is 2.95. The molecule has 2 aromatic rings. The second-order valence-corrected chi connectivity index (χ2v) is 4.96. The van der Waals surface area contributed by atoms with Gasteiger partial charge >= 0.3 is 0 Å². The molecule has 0 aliphatic heterocycles. The lowest BCUT2D eigenvalue weighted by molar-refractivity contribution is 0.102. The van der Waals surface area contributed by atoms with Crippen molar-refractivity contribution >= 4 is 28.9 Å². The Morgan fingerprint density at radius 2 is 2.00 bits per heavy atom. The molecule has 3 nitrogen and oxygen atoms in total. The SMILES string of the molecule is CCNc1cc(C(=O)Nc2cccc(Cl)c2)ccc1C. The van der Waals surface area contributed by atoms with E-state index in [1.165, 1.54) is 0 Å². The van der Waals surface area contributed by atoms with E-state index in [-0.39, 0.29) is 5.91 Å². The van der Waals surface area contributed by atoms with E-state index >= 15 is 0 Å². The van der Waals surface area contributed by atoms with Crippen molar-refractivity contribution in [3.8, 4) is 0 Å². The van der Waals surface area contributed by atoms with Gasteiger partial charge in [-0.15, -0.1) is 0 Å². The van der Waals surface area contributed by atoms with E-state index in [0.717, 1.165) is 17.8 Å². The topological polar surface area (TPSA) is 41.1 Å². The van der Waals surface area contributed by atoms with Crippen LogP contribution in [0.5, 0.6) is 0 Å². The minimum Gasteiger partial charge on any atom is -0.385 e. The van der Waals surface area contributed by atoms with Gasteiger partial charge in [0.2, 0.25) is 0 Å². The summed E-state index contributed by atoms with van der Waals surface area (Å²) in [6.07, 6.45) is 0. The molecule has 0 aliphatic rings. The molecule has 0 saturated heterocycles. The van der Waals surface area contributed by atoms with Crippen molar-refractivity contribution in [1.29, 1.82) is 0 Å². The highest BCUT2D eigenvalue weighted by Gasteiger charge is 2.08. The minimum absolute atomic E-state index is 0.147. The molecule has 0 saturated carbocycles. The van der Waals surface area contributed by atoms with Gasteiger partial charge in [0, 0.05) is 28.5 Å². The van der Waals surface area contributed by atoms with Crippen LogP contribution in [0.2, 0.25) is 5.02 Å². The molecule has 0 radical (unpaired) electrons. The Hall–Kier alpha value is -2.00. The first kappa shape index (κ1) is 14.4. The first-order chi connectivity index (χ1) is 9.60. The fourth-order valence-electron chi connectivity index (χ4n) is 1.91. The van der Waals surface area contributed by atoms with Crippen molar-refractivity contribution in [2.75, 3.05) is 17.2 Å². The molecule has 0 fully saturated rings. The van der Waals surface area contributed by atoms with Gasteiger partial charge in [-0.25, -0.2) is 0 Å². The van der Waals surface area contributed by atoms with E-state index in [1.54, 1.807) is 18.2 Å². The average molecular weight is 289 g/mol. The molecule has 0 bridgehead atoms. The van der Waals surface area contributed by atoms with Crippen LogP contribution in [0.15, 0.2) is 42.5 Å². The van der Waals surface area contributed by atoms with Crippen molar-refractivity contribution in [2.24, 2.45) is 0 Å². The summed E-state index contributed by atoms with van der Waals surface area (Å²) in [4.78, 5) is 12.2. The lowest BCUT2D eigenvalue weighted by Crippen LogP contribution is -2.12. The fraction of sp³-hybridized carbons (Fsp3) is 0.188. The van der Waals surface area contributed by atoms with E-state index < -0.39 is 0 Å². The first-order valence-corrected chi connectivity index (χ1v) is 6.89. The molecule has 104 valence electrons. The van der Waals surface area contributed by atoms with Gasteiger partial charge in [-0.2, -0.15) is 0 Å². The average Bonchev–Trinajstić information content (AvgIpc) is 2.41. The zero-order valence-electron chi connectivity index (χ0n) is 11.5. The van der Waals surface area contributed by atoms with E-state index in [0.29, 0.717) is 16.3 Å². The predicted octanol–water partition coefficient (Wildman–Crippen LogP) is 4.33. The molecule has 20 heavy (non-hydrogen) atoms. The maximum Gasteiger partial charge on any atom is 0.255 e. The Labute approximate surface area is 124 Å². The first-order valence-electron chi connectivity index (χ1n) is 6.51. The van der Waals surface area contributed by atoms with Crippen molar-refractivity contribution < 1.29 is 4.79 Å². The molecule has 4 heteroatoms. The zero-order valence-corrected chi connectivity index (χ0v) is 12.3. The molecule has 0 heterocycles. The lowest BCUT2D eigenvalue weighted by Gasteiger charge is -2.10. The van der Waals surface area contributed by atoms with E-state index in [4.69, 9.17) is 11.6 Å². The summed E-state index contributed by atoms with van der Waals surface area (Å²) < 4.78 is 0. The second-order valence-electron chi connectivity index (χ2n) is 4.52. The van der Waals surface area contributed by atoms with Crippen molar-refractivity contribution in [3.63, 3.8) is 0 Å². The summed E-state index contributed by atoms with van der Waals surface area (Å²) >= 11 is 5.90. The van der Waals surface area contributed by atoms with Gasteiger partial charge < -0.3 is 10.6 Å². The maximum absolute atomic E-state index is 12.2. The summed E-state index contributed by atoms with van der Waals surface area (Å²) in [5.74, 6) is -0.147. The van der Waals surface area contributed by atoms with Crippen LogP contribution < -0.4 is 10.6 Å². The third-order valence-corrected chi connectivity index (χ3v) is 3.18. The number of benzene rings is 2. The number of aryl methyl sites for hydroxylation is 1. The Morgan fingerprint density at radius 3 is 2.70 bits per heavy atom. The number of carbonyl (C=O) groups is 1. The summed E-state index contributed by atoms with van der Waals surface area (Å²) in [5.41, 5.74) is 3.40. The van der Waals surface area contributed by atoms with Gasteiger partial charge in [0.05, 0.1) is 0 Å². The lowest BCUT2D eigenvalue weighted by atomic mass is 10.1. The summed E-state index contributed by atoms with van der Waals surface area (Å²) in [5, 5.41) is 6.68. The quantitative estimate of drug-likeness (QED) is 0.879. The molecule has 2 aromatic carbocycles. The second kappa shape index (κ2) is 6.44. The van der Waals surface area contributed by atoms with Gasteiger partial charge in [-0.3, -0.25) is 4.79 Å². The molecule has 0 atom stereocenters. The van der Waals surface area contributed by atoms with Crippen LogP contribution in [-0.2, 0) is 0 Å².